The minimum atomic E-state index is -0.455. The van der Waals surface area contributed by atoms with Gasteiger partial charge in [-0.1, -0.05) is 99.1 Å². The molecule has 0 aliphatic carbocycles. The lowest BCUT2D eigenvalue weighted by Gasteiger charge is -1.99. The van der Waals surface area contributed by atoms with Crippen molar-refractivity contribution in [3.63, 3.8) is 0 Å². The van der Waals surface area contributed by atoms with Crippen molar-refractivity contribution in [1.82, 2.24) is 0 Å². The number of aliphatic hydroxyl groups excluding tert-OH is 1. The van der Waals surface area contributed by atoms with Gasteiger partial charge < -0.3 is 9.84 Å². The smallest absolute Gasteiger partial charge is 0.333 e. The summed E-state index contributed by atoms with van der Waals surface area (Å²) in [4.78, 5) is 10.5. The quantitative estimate of drug-likeness (QED) is 0.551. The number of esters is 1. The van der Waals surface area contributed by atoms with Gasteiger partial charge in [0.05, 0.1) is 6.61 Å². The number of hydrogen-bond acceptors (Lipinski definition) is 3. The van der Waals surface area contributed by atoms with Gasteiger partial charge in [-0.2, -0.15) is 0 Å². The van der Waals surface area contributed by atoms with Crippen LogP contribution >= 0.6 is 0 Å². The molecule has 0 aromatic heterocycles. The molecule has 0 spiro atoms. The van der Waals surface area contributed by atoms with Crippen molar-refractivity contribution in [2.24, 2.45) is 0 Å². The molecule has 0 atom stereocenters. The average Bonchev–Trinajstić information content (AvgIpc) is 2.73. The number of carbonyl (C=O) groups excluding carboxylic acids is 1. The molecule has 0 fully saturated rings. The zero-order chi connectivity index (χ0) is 20.5. The fraction of sp³-hybridized carbons (Fsp3) is 0.125. The number of aliphatic hydroxyl groups is 1. The maximum atomic E-state index is 10.5. The van der Waals surface area contributed by atoms with Gasteiger partial charge in [0, 0.05) is 5.57 Å². The highest BCUT2D eigenvalue weighted by molar-refractivity contribution is 5.86. The second-order valence-corrected chi connectivity index (χ2v) is 5.29. The van der Waals surface area contributed by atoms with Gasteiger partial charge in [0.1, 0.15) is 6.61 Å². The van der Waals surface area contributed by atoms with Crippen molar-refractivity contribution in [3.8, 4) is 0 Å². The van der Waals surface area contributed by atoms with E-state index >= 15 is 0 Å². The van der Waals surface area contributed by atoms with Crippen LogP contribution in [0.4, 0.5) is 0 Å². The first-order valence-corrected chi connectivity index (χ1v) is 8.45. The maximum Gasteiger partial charge on any atom is 0.333 e. The van der Waals surface area contributed by atoms with Crippen LogP contribution in [0, 0.1) is 0 Å². The Morgan fingerprint density at radius 1 is 0.926 bits per heavy atom. The standard InChI is InChI=1S/C10H10.C8H8.C6H10O3/c1-3-9-7-5-6-8-10(9)4-2;1-2-8-6-4-3-5-7-8;1-5(2)6(8)9-4-3-7/h3-8H,1-2H2;2-7H,1H2;7H,1,3-4H2,2H3. The topological polar surface area (TPSA) is 46.5 Å². The molecule has 1 N–H and O–H groups in total. The van der Waals surface area contributed by atoms with E-state index in [0.29, 0.717) is 5.57 Å². The molecule has 0 unspecified atom stereocenters. The van der Waals surface area contributed by atoms with Crippen molar-refractivity contribution >= 4 is 24.2 Å². The van der Waals surface area contributed by atoms with E-state index < -0.39 is 5.97 Å². The number of rotatable bonds is 6. The van der Waals surface area contributed by atoms with Gasteiger partial charge >= 0.3 is 5.97 Å². The Morgan fingerprint density at radius 2 is 1.41 bits per heavy atom. The predicted molar refractivity (Wildman–Crippen MR) is 116 cm³/mol. The Morgan fingerprint density at radius 3 is 1.74 bits per heavy atom. The molecule has 0 aliphatic heterocycles. The van der Waals surface area contributed by atoms with Crippen molar-refractivity contribution in [2.75, 3.05) is 13.2 Å². The zero-order valence-corrected chi connectivity index (χ0v) is 15.9. The van der Waals surface area contributed by atoms with Crippen LogP contribution in [-0.2, 0) is 9.53 Å². The SMILES string of the molecule is C=C(C)C(=O)OCCO.C=Cc1ccccc1.C=Cc1ccccc1C=C. The average molecular weight is 364 g/mol. The van der Waals surface area contributed by atoms with E-state index in [-0.39, 0.29) is 13.2 Å². The predicted octanol–water partition coefficient (Wildman–Crippen LogP) is 5.40. The lowest BCUT2D eigenvalue weighted by atomic mass is 10.1. The van der Waals surface area contributed by atoms with E-state index in [1.807, 2.05) is 72.8 Å². The largest absolute Gasteiger partial charge is 0.460 e. The lowest BCUT2D eigenvalue weighted by molar-refractivity contribution is -0.139. The van der Waals surface area contributed by atoms with Crippen LogP contribution in [0.1, 0.15) is 23.6 Å². The van der Waals surface area contributed by atoms with Crippen LogP contribution in [0.15, 0.2) is 86.5 Å². The summed E-state index contributed by atoms with van der Waals surface area (Å²) < 4.78 is 4.46. The molecule has 0 aliphatic rings. The minimum absolute atomic E-state index is 0.0473. The van der Waals surface area contributed by atoms with Gasteiger partial charge in [0.25, 0.3) is 0 Å². The van der Waals surface area contributed by atoms with E-state index in [9.17, 15) is 4.79 Å². The van der Waals surface area contributed by atoms with Crippen LogP contribution in [0.25, 0.3) is 18.2 Å². The van der Waals surface area contributed by atoms with Crippen molar-refractivity contribution in [1.29, 1.82) is 0 Å². The Labute approximate surface area is 162 Å². The Bertz CT molecular complexity index is 703. The first kappa shape index (κ1) is 23.8. The summed E-state index contributed by atoms with van der Waals surface area (Å²) in [6.07, 6.45) is 5.49. The molecule has 3 nitrogen and oxygen atoms in total. The molecule has 142 valence electrons. The van der Waals surface area contributed by atoms with Crippen molar-refractivity contribution < 1.29 is 14.6 Å². The number of benzene rings is 2. The summed E-state index contributed by atoms with van der Waals surface area (Å²) in [6.45, 7) is 15.8. The van der Waals surface area contributed by atoms with Crippen LogP contribution in [-0.4, -0.2) is 24.3 Å². The van der Waals surface area contributed by atoms with E-state index in [0.717, 1.165) is 11.1 Å². The number of ether oxygens (including phenoxy) is 1. The van der Waals surface area contributed by atoms with Gasteiger partial charge in [0.15, 0.2) is 0 Å². The first-order valence-electron chi connectivity index (χ1n) is 8.45. The third-order valence-electron chi connectivity index (χ3n) is 3.14. The number of carbonyl (C=O) groups is 1. The van der Waals surface area contributed by atoms with Crippen LogP contribution < -0.4 is 0 Å². The summed E-state index contributed by atoms with van der Waals surface area (Å²) >= 11 is 0. The van der Waals surface area contributed by atoms with Gasteiger partial charge in [-0.15, -0.1) is 0 Å². The molecule has 0 bridgehead atoms. The van der Waals surface area contributed by atoms with Gasteiger partial charge in [0.2, 0.25) is 0 Å². The molecule has 0 heterocycles. The third-order valence-corrected chi connectivity index (χ3v) is 3.14. The van der Waals surface area contributed by atoms with Crippen molar-refractivity contribution in [2.45, 2.75) is 6.92 Å². The molecule has 2 rings (SSSR count). The highest BCUT2D eigenvalue weighted by atomic mass is 16.5. The highest BCUT2D eigenvalue weighted by Gasteiger charge is 1.99. The van der Waals surface area contributed by atoms with Crippen LogP contribution in [0.3, 0.4) is 0 Å². The van der Waals surface area contributed by atoms with E-state index in [1.54, 1.807) is 6.92 Å². The zero-order valence-electron chi connectivity index (χ0n) is 15.9. The molecule has 0 saturated carbocycles. The molecule has 0 saturated heterocycles. The summed E-state index contributed by atoms with van der Waals surface area (Å²) in [7, 11) is 0. The summed E-state index contributed by atoms with van der Waals surface area (Å²) in [5.74, 6) is -0.455. The normalized spacial score (nSPS) is 8.67. The van der Waals surface area contributed by atoms with Gasteiger partial charge in [-0.25, -0.2) is 4.79 Å². The Hall–Kier alpha value is -3.17. The fourth-order valence-corrected chi connectivity index (χ4v) is 1.73. The van der Waals surface area contributed by atoms with E-state index in [2.05, 4.69) is 31.1 Å². The lowest BCUT2D eigenvalue weighted by Crippen LogP contribution is -2.08. The first-order chi connectivity index (χ1) is 13.0. The summed E-state index contributed by atoms with van der Waals surface area (Å²) in [5.41, 5.74) is 3.80. The van der Waals surface area contributed by atoms with E-state index in [1.165, 1.54) is 5.56 Å². The molecular formula is C24H28O3. The monoisotopic (exact) mass is 364 g/mol. The molecular weight excluding hydrogens is 336 g/mol. The summed E-state index contributed by atoms with van der Waals surface area (Å²) in [6, 6.07) is 18.0. The highest BCUT2D eigenvalue weighted by Crippen LogP contribution is 2.10. The second kappa shape index (κ2) is 15.1. The van der Waals surface area contributed by atoms with Gasteiger partial charge in [-0.05, 0) is 23.6 Å². The molecule has 3 heteroatoms. The molecule has 27 heavy (non-hydrogen) atoms. The molecule has 2 aromatic carbocycles. The maximum absolute atomic E-state index is 10.5. The summed E-state index contributed by atoms with van der Waals surface area (Å²) in [5, 5.41) is 8.19. The van der Waals surface area contributed by atoms with Crippen LogP contribution in [0.2, 0.25) is 0 Å². The number of hydrogen-bond donors (Lipinski definition) is 1. The molecule has 2 aromatic rings. The second-order valence-electron chi connectivity index (χ2n) is 5.29. The Kier molecular flexibility index (Phi) is 13.3. The third kappa shape index (κ3) is 11.1. The fourth-order valence-electron chi connectivity index (χ4n) is 1.73. The molecule has 0 amide bonds. The van der Waals surface area contributed by atoms with Crippen LogP contribution in [0.5, 0.6) is 0 Å². The van der Waals surface area contributed by atoms with Gasteiger partial charge in [-0.3, -0.25) is 0 Å². The van der Waals surface area contributed by atoms with E-state index in [4.69, 9.17) is 5.11 Å². The van der Waals surface area contributed by atoms with Crippen molar-refractivity contribution in [3.05, 3.63) is 103 Å². The Balaban J connectivity index is 0.000000378. The molecule has 0 radical (unpaired) electrons. The minimum Gasteiger partial charge on any atom is -0.460 e.